The Balaban J connectivity index is 2.13. The normalized spacial score (nSPS) is 14.1. The van der Waals surface area contributed by atoms with Gasteiger partial charge in [0, 0.05) is 11.6 Å². The molecule has 0 aliphatic carbocycles. The average Bonchev–Trinajstić information content (AvgIpc) is 2.98. The Hall–Kier alpha value is -1.74. The molecular weight excluding hydrogens is 238 g/mol. The lowest BCUT2D eigenvalue weighted by atomic mass is 10.0. The number of methoxy groups -OCH3 is 1. The summed E-state index contributed by atoms with van der Waals surface area (Å²) in [6, 6.07) is 12.4. The number of ether oxygens (including phenoxy) is 1. The predicted molar refractivity (Wildman–Crippen MR) is 76.3 cm³/mol. The number of hydrogen-bond acceptors (Lipinski definition) is 3. The van der Waals surface area contributed by atoms with Gasteiger partial charge in [-0.25, -0.2) is 0 Å². The van der Waals surface area contributed by atoms with Gasteiger partial charge in [0.15, 0.2) is 0 Å². The highest BCUT2D eigenvalue weighted by Gasteiger charge is 2.17. The van der Waals surface area contributed by atoms with Gasteiger partial charge in [-0.1, -0.05) is 25.1 Å². The topological polar surface area (TPSA) is 34.4 Å². The molecule has 3 nitrogen and oxygen atoms in total. The fourth-order valence-electron chi connectivity index (χ4n) is 2.31. The van der Waals surface area contributed by atoms with E-state index < -0.39 is 0 Å². The maximum Gasteiger partial charge on any atom is 0.123 e. The summed E-state index contributed by atoms with van der Waals surface area (Å²) >= 11 is 0. The van der Waals surface area contributed by atoms with E-state index in [0.717, 1.165) is 23.5 Å². The molecule has 2 aromatic rings. The van der Waals surface area contributed by atoms with Gasteiger partial charge in [-0.2, -0.15) is 0 Å². The molecule has 1 aromatic heterocycles. The van der Waals surface area contributed by atoms with E-state index in [4.69, 9.17) is 9.15 Å². The van der Waals surface area contributed by atoms with Crippen LogP contribution in [-0.4, -0.2) is 7.11 Å². The molecule has 0 radical (unpaired) electrons. The molecule has 102 valence electrons. The van der Waals surface area contributed by atoms with Crippen LogP contribution < -0.4 is 10.1 Å². The Labute approximate surface area is 114 Å². The second-order valence-electron chi connectivity index (χ2n) is 4.61. The van der Waals surface area contributed by atoms with Crippen molar-refractivity contribution in [2.24, 2.45) is 0 Å². The molecule has 0 aliphatic heterocycles. The SMILES string of the molecule is CCC(NC(C)c1ccccc1OC)c1ccco1. The summed E-state index contributed by atoms with van der Waals surface area (Å²) in [5.74, 6) is 1.89. The molecule has 2 atom stereocenters. The first-order valence-electron chi connectivity index (χ1n) is 6.68. The quantitative estimate of drug-likeness (QED) is 0.848. The van der Waals surface area contributed by atoms with Crippen LogP contribution in [0.3, 0.4) is 0 Å². The lowest BCUT2D eigenvalue weighted by Crippen LogP contribution is -2.24. The van der Waals surface area contributed by atoms with Crippen molar-refractivity contribution in [1.82, 2.24) is 5.32 Å². The van der Waals surface area contributed by atoms with E-state index in [9.17, 15) is 0 Å². The molecule has 1 aromatic carbocycles. The van der Waals surface area contributed by atoms with Gasteiger partial charge in [0.05, 0.1) is 19.4 Å². The zero-order valence-corrected chi connectivity index (χ0v) is 11.7. The third kappa shape index (κ3) is 3.18. The van der Waals surface area contributed by atoms with Gasteiger partial charge in [-0.05, 0) is 31.5 Å². The predicted octanol–water partition coefficient (Wildman–Crippen LogP) is 4.09. The van der Waals surface area contributed by atoms with Crippen LogP contribution in [0.4, 0.5) is 0 Å². The first-order chi connectivity index (χ1) is 9.26. The van der Waals surface area contributed by atoms with Crippen LogP contribution in [0, 0.1) is 0 Å². The van der Waals surface area contributed by atoms with Gasteiger partial charge in [0.25, 0.3) is 0 Å². The zero-order chi connectivity index (χ0) is 13.7. The third-order valence-corrected chi connectivity index (χ3v) is 3.35. The molecule has 0 amide bonds. The van der Waals surface area contributed by atoms with Crippen molar-refractivity contribution in [3.8, 4) is 5.75 Å². The number of furan rings is 1. The van der Waals surface area contributed by atoms with Gasteiger partial charge in [-0.3, -0.25) is 0 Å². The molecule has 3 heteroatoms. The van der Waals surface area contributed by atoms with Crippen molar-refractivity contribution >= 4 is 0 Å². The molecule has 0 bridgehead atoms. The molecular formula is C16H21NO2. The van der Waals surface area contributed by atoms with E-state index in [0.29, 0.717) is 0 Å². The second kappa shape index (κ2) is 6.43. The Morgan fingerprint density at radius 2 is 2.00 bits per heavy atom. The summed E-state index contributed by atoms with van der Waals surface area (Å²) < 4.78 is 10.9. The van der Waals surface area contributed by atoms with Crippen LogP contribution in [-0.2, 0) is 0 Å². The molecule has 2 unspecified atom stereocenters. The molecule has 1 heterocycles. The van der Waals surface area contributed by atoms with Crippen LogP contribution in [0.5, 0.6) is 5.75 Å². The maximum absolute atomic E-state index is 5.49. The highest BCUT2D eigenvalue weighted by Crippen LogP contribution is 2.28. The van der Waals surface area contributed by atoms with Crippen molar-refractivity contribution in [2.75, 3.05) is 7.11 Å². The van der Waals surface area contributed by atoms with E-state index in [1.54, 1.807) is 13.4 Å². The summed E-state index contributed by atoms with van der Waals surface area (Å²) in [7, 11) is 1.70. The Bertz CT molecular complexity index is 493. The van der Waals surface area contributed by atoms with Crippen LogP contribution in [0.25, 0.3) is 0 Å². The molecule has 0 fully saturated rings. The van der Waals surface area contributed by atoms with Crippen molar-refractivity contribution in [1.29, 1.82) is 0 Å². The van der Waals surface area contributed by atoms with Gasteiger partial charge in [0.1, 0.15) is 11.5 Å². The van der Waals surface area contributed by atoms with Gasteiger partial charge >= 0.3 is 0 Å². The van der Waals surface area contributed by atoms with E-state index >= 15 is 0 Å². The number of rotatable bonds is 6. The molecule has 1 N–H and O–H groups in total. The Kier molecular flexibility index (Phi) is 4.63. The largest absolute Gasteiger partial charge is 0.496 e. The lowest BCUT2D eigenvalue weighted by molar-refractivity contribution is 0.363. The van der Waals surface area contributed by atoms with E-state index in [-0.39, 0.29) is 12.1 Å². The molecule has 0 spiro atoms. The molecule has 0 aliphatic rings. The summed E-state index contributed by atoms with van der Waals surface area (Å²) in [5, 5.41) is 3.59. The second-order valence-corrected chi connectivity index (χ2v) is 4.61. The summed E-state index contributed by atoms with van der Waals surface area (Å²) in [5.41, 5.74) is 1.16. The number of nitrogens with one attached hydrogen (secondary N) is 1. The highest BCUT2D eigenvalue weighted by atomic mass is 16.5. The van der Waals surface area contributed by atoms with Gasteiger partial charge < -0.3 is 14.5 Å². The number of hydrogen-bond donors (Lipinski definition) is 1. The standard InChI is InChI=1S/C16H21NO2/c1-4-14(16-10-7-11-19-16)17-12(2)13-8-5-6-9-15(13)18-3/h5-12,14,17H,4H2,1-3H3. The van der Waals surface area contributed by atoms with Crippen LogP contribution in [0.1, 0.15) is 43.7 Å². The van der Waals surface area contributed by atoms with Crippen molar-refractivity contribution < 1.29 is 9.15 Å². The monoisotopic (exact) mass is 259 g/mol. The smallest absolute Gasteiger partial charge is 0.123 e. The molecule has 19 heavy (non-hydrogen) atoms. The number of para-hydroxylation sites is 1. The third-order valence-electron chi connectivity index (χ3n) is 3.35. The Morgan fingerprint density at radius 1 is 1.21 bits per heavy atom. The Morgan fingerprint density at radius 3 is 2.63 bits per heavy atom. The minimum atomic E-state index is 0.200. The molecule has 2 rings (SSSR count). The number of benzene rings is 1. The van der Waals surface area contributed by atoms with E-state index in [1.807, 2.05) is 30.3 Å². The average molecular weight is 259 g/mol. The fourth-order valence-corrected chi connectivity index (χ4v) is 2.31. The lowest BCUT2D eigenvalue weighted by Gasteiger charge is -2.22. The minimum Gasteiger partial charge on any atom is -0.496 e. The zero-order valence-electron chi connectivity index (χ0n) is 11.7. The molecule has 0 saturated heterocycles. The minimum absolute atomic E-state index is 0.200. The maximum atomic E-state index is 5.49. The van der Waals surface area contributed by atoms with Crippen LogP contribution in [0.2, 0.25) is 0 Å². The van der Waals surface area contributed by atoms with Crippen molar-refractivity contribution in [3.05, 3.63) is 54.0 Å². The van der Waals surface area contributed by atoms with Crippen LogP contribution in [0.15, 0.2) is 47.1 Å². The first kappa shape index (κ1) is 13.7. The van der Waals surface area contributed by atoms with E-state index in [1.165, 1.54) is 0 Å². The summed E-state index contributed by atoms with van der Waals surface area (Å²) in [6.45, 7) is 4.29. The van der Waals surface area contributed by atoms with Crippen LogP contribution >= 0.6 is 0 Å². The van der Waals surface area contributed by atoms with Gasteiger partial charge in [-0.15, -0.1) is 0 Å². The van der Waals surface area contributed by atoms with E-state index in [2.05, 4.69) is 25.2 Å². The summed E-state index contributed by atoms with van der Waals surface area (Å²) in [4.78, 5) is 0. The van der Waals surface area contributed by atoms with Crippen molar-refractivity contribution in [3.63, 3.8) is 0 Å². The fraction of sp³-hybridized carbons (Fsp3) is 0.375. The van der Waals surface area contributed by atoms with Gasteiger partial charge in [0.2, 0.25) is 0 Å². The first-order valence-corrected chi connectivity index (χ1v) is 6.68. The van der Waals surface area contributed by atoms with Crippen molar-refractivity contribution in [2.45, 2.75) is 32.4 Å². The molecule has 0 saturated carbocycles. The highest BCUT2D eigenvalue weighted by molar-refractivity contribution is 5.35. The summed E-state index contributed by atoms with van der Waals surface area (Å²) in [6.07, 6.45) is 2.69.